The number of benzene rings is 2. The molecule has 1 N–H and O–H groups in total. The Morgan fingerprint density at radius 1 is 1.07 bits per heavy atom. The molecular formula is C28H23ClFN7O3. The summed E-state index contributed by atoms with van der Waals surface area (Å²) in [6, 6.07) is 18.7. The molecule has 0 fully saturated rings. The molecule has 1 unspecified atom stereocenters. The largest absolute Gasteiger partial charge is 0.458 e. The lowest BCUT2D eigenvalue weighted by atomic mass is 10.0. The van der Waals surface area contributed by atoms with Gasteiger partial charge in [-0.2, -0.15) is 4.80 Å². The van der Waals surface area contributed by atoms with Gasteiger partial charge in [0.25, 0.3) is 5.91 Å². The van der Waals surface area contributed by atoms with Gasteiger partial charge in [0.15, 0.2) is 5.76 Å². The lowest BCUT2D eigenvalue weighted by molar-refractivity contribution is -0.127. The molecule has 12 heteroatoms. The van der Waals surface area contributed by atoms with Crippen LogP contribution in [0.4, 0.5) is 10.1 Å². The Labute approximate surface area is 233 Å². The fourth-order valence-electron chi connectivity index (χ4n) is 4.08. The Morgan fingerprint density at radius 2 is 1.85 bits per heavy atom. The van der Waals surface area contributed by atoms with Crippen LogP contribution in [0.5, 0.6) is 0 Å². The molecule has 0 radical (unpaired) electrons. The van der Waals surface area contributed by atoms with Gasteiger partial charge in [0.2, 0.25) is 11.7 Å². The lowest BCUT2D eigenvalue weighted by Gasteiger charge is -2.31. The van der Waals surface area contributed by atoms with Crippen molar-refractivity contribution >= 4 is 29.1 Å². The van der Waals surface area contributed by atoms with Gasteiger partial charge in [-0.25, -0.2) is 4.39 Å². The SMILES string of the molecule is Cc1ccc(-c2nnn(CC(=O)N(c3ccc(F)c(Cl)c3)C(C(=O)NCc3ccccc3)c3ccncc3)n2)o1. The van der Waals surface area contributed by atoms with Crippen LogP contribution in [0.1, 0.15) is 22.9 Å². The van der Waals surface area contributed by atoms with Crippen molar-refractivity contribution in [2.24, 2.45) is 0 Å². The molecule has 0 spiro atoms. The van der Waals surface area contributed by atoms with Crippen LogP contribution in [-0.2, 0) is 22.7 Å². The van der Waals surface area contributed by atoms with E-state index in [1.54, 1.807) is 31.2 Å². The summed E-state index contributed by atoms with van der Waals surface area (Å²) in [6.45, 7) is 1.63. The highest BCUT2D eigenvalue weighted by Crippen LogP contribution is 2.31. The summed E-state index contributed by atoms with van der Waals surface area (Å²) >= 11 is 6.09. The number of aromatic nitrogens is 5. The molecule has 3 aromatic heterocycles. The number of carbonyl (C=O) groups is 2. The summed E-state index contributed by atoms with van der Waals surface area (Å²) in [5.41, 5.74) is 1.56. The highest BCUT2D eigenvalue weighted by atomic mass is 35.5. The molecule has 0 aliphatic carbocycles. The normalized spacial score (nSPS) is 11.7. The zero-order chi connectivity index (χ0) is 28.1. The van der Waals surface area contributed by atoms with Crippen LogP contribution < -0.4 is 10.2 Å². The molecule has 0 saturated heterocycles. The Balaban J connectivity index is 1.50. The van der Waals surface area contributed by atoms with Gasteiger partial charge < -0.3 is 9.73 Å². The highest BCUT2D eigenvalue weighted by molar-refractivity contribution is 6.31. The number of nitrogens with one attached hydrogen (secondary N) is 1. The van der Waals surface area contributed by atoms with E-state index < -0.39 is 23.7 Å². The van der Waals surface area contributed by atoms with Crippen LogP contribution in [0.25, 0.3) is 11.6 Å². The zero-order valence-electron chi connectivity index (χ0n) is 21.2. The third kappa shape index (κ3) is 6.05. The maximum absolute atomic E-state index is 14.1. The summed E-state index contributed by atoms with van der Waals surface area (Å²) in [5.74, 6) is -0.440. The van der Waals surface area contributed by atoms with Gasteiger partial charge >= 0.3 is 0 Å². The maximum atomic E-state index is 14.1. The third-order valence-electron chi connectivity index (χ3n) is 5.98. The number of tetrazole rings is 1. The van der Waals surface area contributed by atoms with E-state index in [0.717, 1.165) is 16.4 Å². The fourth-order valence-corrected chi connectivity index (χ4v) is 4.25. The Morgan fingerprint density at radius 3 is 2.55 bits per heavy atom. The van der Waals surface area contributed by atoms with Gasteiger partial charge in [0.05, 0.1) is 5.02 Å². The van der Waals surface area contributed by atoms with Gasteiger partial charge in [-0.1, -0.05) is 41.9 Å². The summed E-state index contributed by atoms with van der Waals surface area (Å²) in [6.07, 6.45) is 3.04. The van der Waals surface area contributed by atoms with Crippen LogP contribution in [0.15, 0.2) is 89.6 Å². The average molecular weight is 560 g/mol. The monoisotopic (exact) mass is 559 g/mol. The molecule has 40 heavy (non-hydrogen) atoms. The number of aryl methyl sites for hydroxylation is 1. The van der Waals surface area contributed by atoms with Crippen LogP contribution >= 0.6 is 11.6 Å². The minimum atomic E-state index is -1.16. The average Bonchev–Trinajstić information content (AvgIpc) is 3.61. The van der Waals surface area contributed by atoms with E-state index in [4.69, 9.17) is 16.0 Å². The number of hydrogen-bond acceptors (Lipinski definition) is 7. The molecule has 5 rings (SSSR count). The second kappa shape index (κ2) is 11.9. The van der Waals surface area contributed by atoms with Gasteiger partial charge in [0, 0.05) is 24.6 Å². The summed E-state index contributed by atoms with van der Waals surface area (Å²) in [4.78, 5) is 34.0. The first-order valence-electron chi connectivity index (χ1n) is 12.2. The first kappa shape index (κ1) is 26.7. The fraction of sp³-hybridized carbons (Fsp3) is 0.143. The summed E-state index contributed by atoms with van der Waals surface area (Å²) in [5, 5.41) is 14.9. The predicted octanol–water partition coefficient (Wildman–Crippen LogP) is 4.52. The highest BCUT2D eigenvalue weighted by Gasteiger charge is 2.33. The van der Waals surface area contributed by atoms with Crippen LogP contribution in [-0.4, -0.2) is 37.0 Å². The number of rotatable bonds is 9. The number of carbonyl (C=O) groups excluding carboxylic acids is 2. The Kier molecular flexibility index (Phi) is 7.92. The molecule has 0 aliphatic heterocycles. The molecule has 0 saturated carbocycles. The van der Waals surface area contributed by atoms with Gasteiger partial charge in [-0.05, 0) is 65.7 Å². The van der Waals surface area contributed by atoms with Gasteiger partial charge in [-0.15, -0.1) is 10.2 Å². The van der Waals surface area contributed by atoms with E-state index in [1.165, 1.54) is 29.4 Å². The number of amides is 2. The second-order valence-electron chi connectivity index (χ2n) is 8.80. The second-order valence-corrected chi connectivity index (χ2v) is 9.21. The molecule has 0 aliphatic rings. The van der Waals surface area contributed by atoms with Crippen molar-refractivity contribution in [2.75, 3.05) is 4.90 Å². The molecule has 202 valence electrons. The molecule has 10 nitrogen and oxygen atoms in total. The van der Waals surface area contributed by atoms with E-state index in [0.29, 0.717) is 17.1 Å². The van der Waals surface area contributed by atoms with E-state index in [9.17, 15) is 14.0 Å². The molecular weight excluding hydrogens is 537 g/mol. The van der Waals surface area contributed by atoms with Crippen molar-refractivity contribution in [3.8, 4) is 11.6 Å². The Hall–Kier alpha value is -4.90. The molecule has 2 amide bonds. The third-order valence-corrected chi connectivity index (χ3v) is 6.27. The minimum Gasteiger partial charge on any atom is -0.458 e. The number of furan rings is 1. The number of halogens is 2. The van der Waals surface area contributed by atoms with Crippen molar-refractivity contribution < 1.29 is 18.4 Å². The zero-order valence-corrected chi connectivity index (χ0v) is 22.0. The molecule has 3 heterocycles. The summed E-state index contributed by atoms with van der Waals surface area (Å²) < 4.78 is 19.6. The van der Waals surface area contributed by atoms with Gasteiger partial charge in [0.1, 0.15) is 24.2 Å². The molecule has 0 bridgehead atoms. The first-order valence-corrected chi connectivity index (χ1v) is 12.6. The standard InChI is InChI=1S/C28H23ClFN7O3/c1-18-7-10-24(40-18)27-33-35-36(34-27)17-25(38)37(21-8-9-23(30)22(29)15-21)26(20-11-13-31-14-12-20)28(39)32-16-19-5-3-2-4-6-19/h2-15,26H,16-17H2,1H3,(H,32,39). The van der Waals surface area contributed by atoms with Crippen LogP contribution in [0.3, 0.4) is 0 Å². The van der Waals surface area contributed by atoms with Gasteiger partial charge in [-0.3, -0.25) is 19.5 Å². The number of hydrogen-bond donors (Lipinski definition) is 1. The lowest BCUT2D eigenvalue weighted by Crippen LogP contribution is -2.45. The number of nitrogens with zero attached hydrogens (tertiary/aromatic N) is 6. The maximum Gasteiger partial charge on any atom is 0.251 e. The molecule has 1 atom stereocenters. The molecule has 5 aromatic rings. The van der Waals surface area contributed by atoms with E-state index in [2.05, 4.69) is 25.7 Å². The van der Waals surface area contributed by atoms with E-state index in [1.807, 2.05) is 30.3 Å². The van der Waals surface area contributed by atoms with E-state index >= 15 is 0 Å². The first-order chi connectivity index (χ1) is 19.4. The predicted molar refractivity (Wildman–Crippen MR) is 144 cm³/mol. The van der Waals surface area contributed by atoms with Crippen molar-refractivity contribution in [3.63, 3.8) is 0 Å². The smallest absolute Gasteiger partial charge is 0.251 e. The number of pyridine rings is 1. The van der Waals surface area contributed by atoms with Crippen molar-refractivity contribution in [2.45, 2.75) is 26.1 Å². The van der Waals surface area contributed by atoms with Crippen LogP contribution in [0, 0.1) is 12.7 Å². The number of anilines is 1. The molecule has 2 aromatic carbocycles. The minimum absolute atomic E-state index is 0.198. The van der Waals surface area contributed by atoms with Crippen molar-refractivity contribution in [3.05, 3.63) is 113 Å². The van der Waals surface area contributed by atoms with Crippen molar-refractivity contribution in [1.29, 1.82) is 0 Å². The Bertz CT molecular complexity index is 1630. The quantitative estimate of drug-likeness (QED) is 0.282. The van der Waals surface area contributed by atoms with Crippen molar-refractivity contribution in [1.82, 2.24) is 30.5 Å². The van der Waals surface area contributed by atoms with Crippen LogP contribution in [0.2, 0.25) is 5.02 Å². The summed E-state index contributed by atoms with van der Waals surface area (Å²) in [7, 11) is 0. The topological polar surface area (TPSA) is 119 Å². The van der Waals surface area contributed by atoms with E-state index in [-0.39, 0.29) is 29.6 Å².